The molecule has 19 heavy (non-hydrogen) atoms. The fourth-order valence-corrected chi connectivity index (χ4v) is 5.43. The normalized spacial score (nSPS) is 33.7. The smallest absolute Gasteiger partial charge is 0.236 e. The van der Waals surface area contributed by atoms with Gasteiger partial charge >= 0.3 is 0 Å². The van der Waals surface area contributed by atoms with Crippen LogP contribution in [0.3, 0.4) is 0 Å². The van der Waals surface area contributed by atoms with Crippen LogP contribution in [0.4, 0.5) is 5.82 Å². The molecule has 0 aromatic carbocycles. The highest BCUT2D eigenvalue weighted by molar-refractivity contribution is 7.93. The zero-order valence-electron chi connectivity index (χ0n) is 11.0. The van der Waals surface area contributed by atoms with Gasteiger partial charge in [0.25, 0.3) is 0 Å². The molecule has 2 fully saturated rings. The molecule has 1 aromatic heterocycles. The largest absolute Gasteiger partial charge is 0.314 e. The van der Waals surface area contributed by atoms with Crippen LogP contribution in [0.1, 0.15) is 26.2 Å². The summed E-state index contributed by atoms with van der Waals surface area (Å²) in [5, 5.41) is 3.39. The molecule has 1 N–H and O–H groups in total. The van der Waals surface area contributed by atoms with Crippen molar-refractivity contribution in [3.05, 3.63) is 24.4 Å². The summed E-state index contributed by atoms with van der Waals surface area (Å²) in [7, 11) is -3.23. The van der Waals surface area contributed by atoms with Crippen molar-refractivity contribution in [3.8, 4) is 0 Å². The quantitative estimate of drug-likeness (QED) is 0.838. The maximum atomic E-state index is 12.4. The lowest BCUT2D eigenvalue weighted by molar-refractivity contribution is 0.272. The van der Waals surface area contributed by atoms with Gasteiger partial charge in [0.05, 0.1) is 11.3 Å². The molecule has 0 saturated carbocycles. The molecule has 2 atom stereocenters. The zero-order valence-corrected chi connectivity index (χ0v) is 11.9. The molecule has 0 bridgehead atoms. The summed E-state index contributed by atoms with van der Waals surface area (Å²) in [6.45, 7) is 2.97. The highest BCUT2D eigenvalue weighted by Gasteiger charge is 2.51. The number of piperidine rings is 1. The number of pyridine rings is 1. The van der Waals surface area contributed by atoms with Gasteiger partial charge in [-0.2, -0.15) is 0 Å². The average molecular weight is 281 g/mol. The molecule has 3 rings (SSSR count). The molecule has 6 heteroatoms. The molecule has 104 valence electrons. The van der Waals surface area contributed by atoms with Gasteiger partial charge in [-0.1, -0.05) is 6.07 Å². The molecule has 2 aliphatic rings. The molecule has 0 unspecified atom stereocenters. The Morgan fingerprint density at radius 2 is 2.26 bits per heavy atom. The molecular weight excluding hydrogens is 262 g/mol. The molecule has 2 aliphatic heterocycles. The van der Waals surface area contributed by atoms with Crippen LogP contribution in [0.15, 0.2) is 24.4 Å². The van der Waals surface area contributed by atoms with E-state index in [9.17, 15) is 8.42 Å². The second kappa shape index (κ2) is 4.45. The van der Waals surface area contributed by atoms with E-state index in [1.807, 2.05) is 12.1 Å². The first-order valence-corrected chi connectivity index (χ1v) is 8.32. The first kappa shape index (κ1) is 12.9. The molecule has 0 radical (unpaired) electrons. The van der Waals surface area contributed by atoms with Crippen LogP contribution >= 0.6 is 0 Å². The van der Waals surface area contributed by atoms with Gasteiger partial charge in [0.15, 0.2) is 0 Å². The average Bonchev–Trinajstić information content (AvgIpc) is 2.62. The minimum atomic E-state index is -3.23. The highest BCUT2D eigenvalue weighted by atomic mass is 32.2. The molecule has 1 spiro atoms. The lowest BCUT2D eigenvalue weighted by atomic mass is 9.82. The number of aromatic nitrogens is 1. The van der Waals surface area contributed by atoms with Crippen LogP contribution < -0.4 is 9.62 Å². The second-order valence-corrected chi connectivity index (χ2v) is 7.49. The van der Waals surface area contributed by atoms with Crippen LogP contribution in [0.25, 0.3) is 0 Å². The summed E-state index contributed by atoms with van der Waals surface area (Å²) in [5.41, 5.74) is -0.280. The van der Waals surface area contributed by atoms with Gasteiger partial charge < -0.3 is 5.32 Å². The summed E-state index contributed by atoms with van der Waals surface area (Å²) in [5.74, 6) is 0.796. The van der Waals surface area contributed by atoms with Crippen LogP contribution in [-0.4, -0.2) is 37.3 Å². The van der Waals surface area contributed by atoms with E-state index in [0.717, 1.165) is 19.4 Å². The van der Waals surface area contributed by atoms with E-state index in [-0.39, 0.29) is 11.3 Å². The number of rotatable bonds is 1. The Hall–Kier alpha value is -1.14. The van der Waals surface area contributed by atoms with Gasteiger partial charge in [0.1, 0.15) is 5.82 Å². The van der Waals surface area contributed by atoms with Gasteiger partial charge in [-0.15, -0.1) is 0 Å². The van der Waals surface area contributed by atoms with Gasteiger partial charge in [0.2, 0.25) is 10.0 Å². The maximum absolute atomic E-state index is 12.4. The van der Waals surface area contributed by atoms with Crippen molar-refractivity contribution < 1.29 is 8.42 Å². The zero-order chi connectivity index (χ0) is 13.5. The summed E-state index contributed by atoms with van der Waals surface area (Å²) < 4.78 is 26.4. The molecule has 0 amide bonds. The Kier molecular flexibility index (Phi) is 3.02. The summed E-state index contributed by atoms with van der Waals surface area (Å²) in [4.78, 5) is 4.26. The molecule has 0 aliphatic carbocycles. The number of sulfonamides is 1. The van der Waals surface area contributed by atoms with E-state index in [1.54, 1.807) is 16.6 Å². The Morgan fingerprint density at radius 3 is 2.95 bits per heavy atom. The van der Waals surface area contributed by atoms with E-state index in [1.165, 1.54) is 0 Å². The summed E-state index contributed by atoms with van der Waals surface area (Å²) >= 11 is 0. The fourth-order valence-electron chi connectivity index (χ4n) is 3.37. The maximum Gasteiger partial charge on any atom is 0.236 e. The third-order valence-corrected chi connectivity index (χ3v) is 6.01. The number of anilines is 1. The van der Waals surface area contributed by atoms with Crippen molar-refractivity contribution in [2.24, 2.45) is 0 Å². The Bertz CT molecular complexity index is 561. The van der Waals surface area contributed by atoms with Crippen molar-refractivity contribution in [2.75, 3.05) is 16.6 Å². The molecular formula is C13H19N3O2S. The van der Waals surface area contributed by atoms with Crippen molar-refractivity contribution in [1.82, 2.24) is 10.3 Å². The SMILES string of the molecule is C[C@H]1C[C@]2(CCN1)CCS(=O)(=O)N2c1ccccn1. The van der Waals surface area contributed by atoms with E-state index >= 15 is 0 Å². The molecule has 5 nitrogen and oxygen atoms in total. The lowest BCUT2D eigenvalue weighted by Crippen LogP contribution is -2.55. The predicted molar refractivity (Wildman–Crippen MR) is 74.5 cm³/mol. The molecule has 3 heterocycles. The number of nitrogens with one attached hydrogen (secondary N) is 1. The van der Waals surface area contributed by atoms with E-state index in [2.05, 4.69) is 17.2 Å². The van der Waals surface area contributed by atoms with Gasteiger partial charge in [0, 0.05) is 12.2 Å². The first-order chi connectivity index (χ1) is 9.04. The van der Waals surface area contributed by atoms with Crippen LogP contribution in [0.2, 0.25) is 0 Å². The Labute approximate surface area is 114 Å². The van der Waals surface area contributed by atoms with E-state index in [4.69, 9.17) is 0 Å². The minimum absolute atomic E-state index is 0.232. The fraction of sp³-hybridized carbons (Fsp3) is 0.615. The first-order valence-electron chi connectivity index (χ1n) is 6.71. The summed E-state index contributed by atoms with van der Waals surface area (Å²) in [6, 6.07) is 5.78. The second-order valence-electron chi connectivity index (χ2n) is 5.55. The standard InChI is InChI=1S/C13H19N3O2S/c1-11-10-13(5-8-14-11)6-9-19(17,18)16(13)12-4-2-3-7-15-12/h2-4,7,11,14H,5-6,8-10H2,1H3/t11-,13-/m0/s1. The predicted octanol–water partition coefficient (Wildman–Crippen LogP) is 1.13. The van der Waals surface area contributed by atoms with Crippen LogP contribution in [-0.2, 0) is 10.0 Å². The number of hydrogen-bond acceptors (Lipinski definition) is 4. The van der Waals surface area contributed by atoms with Crippen LogP contribution in [0.5, 0.6) is 0 Å². The molecule has 2 saturated heterocycles. The van der Waals surface area contributed by atoms with Crippen molar-refractivity contribution in [3.63, 3.8) is 0 Å². The topological polar surface area (TPSA) is 62.3 Å². The van der Waals surface area contributed by atoms with Crippen LogP contribution in [0, 0.1) is 0 Å². The van der Waals surface area contributed by atoms with Gasteiger partial charge in [-0.3, -0.25) is 0 Å². The number of nitrogens with zero attached hydrogens (tertiary/aromatic N) is 2. The van der Waals surface area contributed by atoms with E-state index < -0.39 is 10.0 Å². The minimum Gasteiger partial charge on any atom is -0.314 e. The summed E-state index contributed by atoms with van der Waals surface area (Å²) in [6.07, 6.45) is 4.06. The molecule has 1 aromatic rings. The van der Waals surface area contributed by atoms with Crippen molar-refractivity contribution in [2.45, 2.75) is 37.8 Å². The van der Waals surface area contributed by atoms with Crippen molar-refractivity contribution >= 4 is 15.8 Å². The number of hydrogen-bond donors (Lipinski definition) is 1. The lowest BCUT2D eigenvalue weighted by Gasteiger charge is -2.43. The third-order valence-electron chi connectivity index (χ3n) is 4.16. The Morgan fingerprint density at radius 1 is 1.42 bits per heavy atom. The van der Waals surface area contributed by atoms with Gasteiger partial charge in [-0.25, -0.2) is 17.7 Å². The third kappa shape index (κ3) is 2.12. The van der Waals surface area contributed by atoms with Crippen molar-refractivity contribution in [1.29, 1.82) is 0 Å². The Balaban J connectivity index is 2.05. The monoisotopic (exact) mass is 281 g/mol. The van der Waals surface area contributed by atoms with E-state index in [0.29, 0.717) is 18.3 Å². The highest BCUT2D eigenvalue weighted by Crippen LogP contribution is 2.42. The van der Waals surface area contributed by atoms with Gasteiger partial charge in [-0.05, 0) is 44.9 Å².